The van der Waals surface area contributed by atoms with Crippen LogP contribution < -0.4 is 11.1 Å². The SMILES string of the molecule is CC1CCC(CN)(C(=O)NCCCCCC(=O)O)CC1. The molecule has 5 heteroatoms. The lowest BCUT2D eigenvalue weighted by atomic mass is 9.70. The van der Waals surface area contributed by atoms with Gasteiger partial charge in [-0.1, -0.05) is 13.3 Å². The van der Waals surface area contributed by atoms with Crippen molar-refractivity contribution in [1.82, 2.24) is 5.32 Å². The van der Waals surface area contributed by atoms with Gasteiger partial charge in [-0.3, -0.25) is 9.59 Å². The molecule has 0 heterocycles. The molecule has 1 aliphatic rings. The van der Waals surface area contributed by atoms with E-state index in [4.69, 9.17) is 10.8 Å². The van der Waals surface area contributed by atoms with E-state index in [1.54, 1.807) is 0 Å². The zero-order valence-electron chi connectivity index (χ0n) is 12.5. The molecule has 1 fully saturated rings. The molecule has 1 aliphatic carbocycles. The van der Waals surface area contributed by atoms with Crippen LogP contribution in [0, 0.1) is 11.3 Å². The van der Waals surface area contributed by atoms with E-state index in [2.05, 4.69) is 12.2 Å². The lowest BCUT2D eigenvalue weighted by molar-refractivity contribution is -0.137. The summed E-state index contributed by atoms with van der Waals surface area (Å²) in [4.78, 5) is 22.7. The van der Waals surface area contributed by atoms with Gasteiger partial charge in [0.05, 0.1) is 5.41 Å². The van der Waals surface area contributed by atoms with Gasteiger partial charge in [-0.05, 0) is 44.4 Å². The maximum absolute atomic E-state index is 12.3. The Kier molecular flexibility index (Phi) is 6.99. The van der Waals surface area contributed by atoms with Crippen molar-refractivity contribution in [3.63, 3.8) is 0 Å². The first-order valence-corrected chi connectivity index (χ1v) is 7.70. The average molecular weight is 284 g/mol. The van der Waals surface area contributed by atoms with Crippen LogP contribution in [0.3, 0.4) is 0 Å². The van der Waals surface area contributed by atoms with E-state index in [1.807, 2.05) is 0 Å². The minimum atomic E-state index is -0.757. The average Bonchev–Trinajstić information content (AvgIpc) is 2.43. The molecule has 0 saturated heterocycles. The van der Waals surface area contributed by atoms with Crippen molar-refractivity contribution in [2.24, 2.45) is 17.1 Å². The van der Waals surface area contributed by atoms with Crippen LogP contribution in [0.25, 0.3) is 0 Å². The van der Waals surface area contributed by atoms with E-state index in [0.717, 1.165) is 38.5 Å². The summed E-state index contributed by atoms with van der Waals surface area (Å²) in [5, 5.41) is 11.5. The predicted molar refractivity (Wildman–Crippen MR) is 78.2 cm³/mol. The first-order valence-electron chi connectivity index (χ1n) is 7.70. The summed E-state index contributed by atoms with van der Waals surface area (Å²) in [6.45, 7) is 3.26. The van der Waals surface area contributed by atoms with E-state index in [1.165, 1.54) is 0 Å². The number of nitrogens with one attached hydrogen (secondary N) is 1. The number of hydrogen-bond donors (Lipinski definition) is 3. The van der Waals surface area contributed by atoms with Crippen LogP contribution in [0.15, 0.2) is 0 Å². The number of carboxylic acids is 1. The minimum Gasteiger partial charge on any atom is -0.481 e. The van der Waals surface area contributed by atoms with Crippen LogP contribution in [0.2, 0.25) is 0 Å². The molecule has 0 unspecified atom stereocenters. The quantitative estimate of drug-likeness (QED) is 0.594. The van der Waals surface area contributed by atoms with Gasteiger partial charge in [-0.2, -0.15) is 0 Å². The van der Waals surface area contributed by atoms with Gasteiger partial charge in [0, 0.05) is 19.5 Å². The maximum atomic E-state index is 12.3. The molecule has 0 bridgehead atoms. The van der Waals surface area contributed by atoms with E-state index in [-0.39, 0.29) is 17.7 Å². The third-order valence-corrected chi connectivity index (χ3v) is 4.46. The van der Waals surface area contributed by atoms with Crippen molar-refractivity contribution in [3.8, 4) is 0 Å². The normalized spacial score (nSPS) is 26.2. The van der Waals surface area contributed by atoms with Crippen molar-refractivity contribution in [2.45, 2.75) is 58.3 Å². The molecule has 0 spiro atoms. The molecule has 0 atom stereocenters. The molecule has 20 heavy (non-hydrogen) atoms. The topological polar surface area (TPSA) is 92.4 Å². The summed E-state index contributed by atoms with van der Waals surface area (Å²) in [7, 11) is 0. The van der Waals surface area contributed by atoms with E-state index in [0.29, 0.717) is 25.4 Å². The highest BCUT2D eigenvalue weighted by Crippen LogP contribution is 2.38. The molecule has 1 saturated carbocycles. The highest BCUT2D eigenvalue weighted by Gasteiger charge is 2.39. The van der Waals surface area contributed by atoms with Crippen LogP contribution in [0.1, 0.15) is 58.3 Å². The highest BCUT2D eigenvalue weighted by molar-refractivity contribution is 5.83. The Balaban J connectivity index is 2.25. The number of nitrogens with two attached hydrogens (primary N) is 1. The number of hydrogen-bond acceptors (Lipinski definition) is 3. The zero-order valence-corrected chi connectivity index (χ0v) is 12.5. The van der Waals surface area contributed by atoms with E-state index < -0.39 is 5.97 Å². The highest BCUT2D eigenvalue weighted by atomic mass is 16.4. The monoisotopic (exact) mass is 284 g/mol. The summed E-state index contributed by atoms with van der Waals surface area (Å²) in [6.07, 6.45) is 6.45. The second-order valence-corrected chi connectivity index (χ2v) is 6.13. The van der Waals surface area contributed by atoms with Crippen molar-refractivity contribution in [2.75, 3.05) is 13.1 Å². The number of aliphatic carboxylic acids is 1. The van der Waals surface area contributed by atoms with Gasteiger partial charge in [0.1, 0.15) is 0 Å². The molecule has 4 N–H and O–H groups in total. The summed E-state index contributed by atoms with van der Waals surface area (Å²) in [5.74, 6) is 0.0241. The molecule has 0 aliphatic heterocycles. The fourth-order valence-electron chi connectivity index (χ4n) is 2.81. The molecule has 0 aromatic rings. The van der Waals surface area contributed by atoms with Gasteiger partial charge in [0.15, 0.2) is 0 Å². The van der Waals surface area contributed by atoms with Crippen molar-refractivity contribution in [1.29, 1.82) is 0 Å². The number of carbonyl (C=O) groups is 2. The Morgan fingerprint density at radius 1 is 1.25 bits per heavy atom. The molecule has 0 radical (unpaired) electrons. The van der Waals surface area contributed by atoms with E-state index >= 15 is 0 Å². The van der Waals surface area contributed by atoms with Crippen LogP contribution in [0.4, 0.5) is 0 Å². The van der Waals surface area contributed by atoms with Crippen LogP contribution in [-0.4, -0.2) is 30.1 Å². The summed E-state index contributed by atoms with van der Waals surface area (Å²) in [5.41, 5.74) is 5.48. The zero-order chi connectivity index (χ0) is 15.0. The van der Waals surface area contributed by atoms with Crippen LogP contribution in [-0.2, 0) is 9.59 Å². The van der Waals surface area contributed by atoms with Gasteiger partial charge in [0.2, 0.25) is 5.91 Å². The molecule has 1 amide bonds. The molecule has 0 aromatic heterocycles. The lowest BCUT2D eigenvalue weighted by Crippen LogP contribution is -2.48. The number of rotatable bonds is 8. The van der Waals surface area contributed by atoms with Gasteiger partial charge in [-0.25, -0.2) is 0 Å². The largest absolute Gasteiger partial charge is 0.481 e. The standard InChI is InChI=1S/C15H28N2O3/c1-12-6-8-15(11-16,9-7-12)14(20)17-10-4-2-3-5-13(18)19/h12H,2-11,16H2,1H3,(H,17,20)(H,18,19). The third kappa shape index (κ3) is 5.12. The fourth-order valence-corrected chi connectivity index (χ4v) is 2.81. The van der Waals surface area contributed by atoms with Crippen molar-refractivity contribution >= 4 is 11.9 Å². The second-order valence-electron chi connectivity index (χ2n) is 6.13. The smallest absolute Gasteiger partial charge is 0.303 e. The molecule has 0 aromatic carbocycles. The molecule has 5 nitrogen and oxygen atoms in total. The van der Waals surface area contributed by atoms with Crippen LogP contribution >= 0.6 is 0 Å². The first kappa shape index (κ1) is 17.0. The fraction of sp³-hybridized carbons (Fsp3) is 0.867. The Morgan fingerprint density at radius 2 is 1.90 bits per heavy atom. The van der Waals surface area contributed by atoms with Crippen LogP contribution in [0.5, 0.6) is 0 Å². The maximum Gasteiger partial charge on any atom is 0.303 e. The Labute approximate surface area is 121 Å². The Morgan fingerprint density at radius 3 is 2.45 bits per heavy atom. The summed E-state index contributed by atoms with van der Waals surface area (Å²) >= 11 is 0. The van der Waals surface area contributed by atoms with Gasteiger partial charge < -0.3 is 16.2 Å². The molecule has 116 valence electrons. The first-order chi connectivity index (χ1) is 9.50. The van der Waals surface area contributed by atoms with E-state index in [9.17, 15) is 9.59 Å². The van der Waals surface area contributed by atoms with Crippen molar-refractivity contribution < 1.29 is 14.7 Å². The van der Waals surface area contributed by atoms with Crippen molar-refractivity contribution in [3.05, 3.63) is 0 Å². The molecular weight excluding hydrogens is 256 g/mol. The van der Waals surface area contributed by atoms with Gasteiger partial charge in [-0.15, -0.1) is 0 Å². The number of amides is 1. The number of unbranched alkanes of at least 4 members (excludes halogenated alkanes) is 2. The predicted octanol–water partition coefficient (Wildman–Crippen LogP) is 1.90. The number of carboxylic acid groups (broad SMARTS) is 1. The summed E-state index contributed by atoms with van der Waals surface area (Å²) in [6, 6.07) is 0. The molecular formula is C15H28N2O3. The lowest BCUT2D eigenvalue weighted by Gasteiger charge is -2.37. The summed E-state index contributed by atoms with van der Waals surface area (Å²) < 4.78 is 0. The van der Waals surface area contributed by atoms with Gasteiger partial charge in [0.25, 0.3) is 0 Å². The minimum absolute atomic E-state index is 0.0881. The molecule has 1 rings (SSSR count). The Hall–Kier alpha value is -1.10. The second kappa shape index (κ2) is 8.25. The van der Waals surface area contributed by atoms with Gasteiger partial charge >= 0.3 is 5.97 Å². The number of carbonyl (C=O) groups excluding carboxylic acids is 1. The third-order valence-electron chi connectivity index (χ3n) is 4.46. The Bertz CT molecular complexity index is 323.